The SMILES string of the molecule is CC(C1CC1)N(C)c1nc2c(s1)CCC2C(=O)O. The Hall–Kier alpha value is -1.10. The van der Waals surface area contributed by atoms with Crippen LogP contribution in [0.4, 0.5) is 5.13 Å². The second kappa shape index (κ2) is 4.23. The molecule has 1 fully saturated rings. The van der Waals surface area contributed by atoms with Crippen molar-refractivity contribution in [1.82, 2.24) is 4.98 Å². The standard InChI is InChI=1S/C13H18N2O2S/c1-7(8-3-4-8)15(2)13-14-11-9(12(16)17)5-6-10(11)18-13/h7-9H,3-6H2,1-2H3,(H,16,17). The fraction of sp³-hybridized carbons (Fsp3) is 0.692. The maximum Gasteiger partial charge on any atom is 0.312 e. The molecule has 0 spiro atoms. The molecule has 1 aromatic rings. The predicted octanol–water partition coefficient (Wildman–Crippen LogP) is 2.49. The summed E-state index contributed by atoms with van der Waals surface area (Å²) in [6.45, 7) is 2.23. The number of carbonyl (C=O) groups is 1. The van der Waals surface area contributed by atoms with Crippen molar-refractivity contribution < 1.29 is 9.90 Å². The molecular weight excluding hydrogens is 248 g/mol. The normalized spacial score (nSPS) is 23.8. The molecule has 4 nitrogen and oxygen atoms in total. The van der Waals surface area contributed by atoms with E-state index in [1.807, 2.05) is 0 Å². The molecule has 0 radical (unpaired) electrons. The molecule has 0 bridgehead atoms. The summed E-state index contributed by atoms with van der Waals surface area (Å²) in [6.07, 6.45) is 4.21. The highest BCUT2D eigenvalue weighted by Gasteiger charge is 2.35. The zero-order chi connectivity index (χ0) is 12.9. The van der Waals surface area contributed by atoms with Gasteiger partial charge in [0.05, 0.1) is 5.69 Å². The van der Waals surface area contributed by atoms with Gasteiger partial charge in [-0.05, 0) is 38.5 Å². The number of anilines is 1. The van der Waals surface area contributed by atoms with E-state index >= 15 is 0 Å². The Balaban J connectivity index is 1.83. The second-order valence-corrected chi connectivity index (χ2v) is 6.49. The molecular formula is C13H18N2O2S. The lowest BCUT2D eigenvalue weighted by molar-refractivity contribution is -0.138. The predicted molar refractivity (Wildman–Crippen MR) is 71.4 cm³/mol. The Morgan fingerprint density at radius 3 is 2.83 bits per heavy atom. The van der Waals surface area contributed by atoms with E-state index in [0.717, 1.165) is 23.2 Å². The van der Waals surface area contributed by atoms with Gasteiger partial charge in [-0.1, -0.05) is 0 Å². The highest BCUT2D eigenvalue weighted by Crippen LogP contribution is 2.42. The maximum atomic E-state index is 11.1. The quantitative estimate of drug-likeness (QED) is 0.909. The summed E-state index contributed by atoms with van der Waals surface area (Å²) in [7, 11) is 2.08. The van der Waals surface area contributed by atoms with E-state index in [1.54, 1.807) is 11.3 Å². The van der Waals surface area contributed by atoms with Crippen LogP contribution in [0.2, 0.25) is 0 Å². The number of nitrogens with zero attached hydrogens (tertiary/aromatic N) is 2. The number of carboxylic acids is 1. The third-order valence-electron chi connectivity index (χ3n) is 4.22. The first-order valence-corrected chi connectivity index (χ1v) is 7.35. The molecule has 2 aliphatic carbocycles. The Kier molecular flexibility index (Phi) is 2.81. The maximum absolute atomic E-state index is 11.1. The third-order valence-corrected chi connectivity index (χ3v) is 5.44. The molecule has 0 saturated heterocycles. The van der Waals surface area contributed by atoms with Crippen LogP contribution >= 0.6 is 11.3 Å². The summed E-state index contributed by atoms with van der Waals surface area (Å²) in [5.74, 6) is -0.317. The molecule has 0 aliphatic heterocycles. The zero-order valence-electron chi connectivity index (χ0n) is 10.7. The molecule has 2 unspecified atom stereocenters. The average Bonchev–Trinajstić information content (AvgIpc) is 2.96. The molecule has 98 valence electrons. The monoisotopic (exact) mass is 266 g/mol. The number of carboxylic acid groups (broad SMARTS) is 1. The summed E-state index contributed by atoms with van der Waals surface area (Å²) in [4.78, 5) is 19.1. The van der Waals surface area contributed by atoms with Crippen molar-refractivity contribution in [2.24, 2.45) is 5.92 Å². The second-order valence-electron chi connectivity index (χ2n) is 5.42. The Morgan fingerprint density at radius 1 is 1.50 bits per heavy atom. The van der Waals surface area contributed by atoms with Crippen LogP contribution in [0.1, 0.15) is 42.7 Å². The van der Waals surface area contributed by atoms with Crippen LogP contribution in [-0.2, 0) is 11.2 Å². The summed E-state index contributed by atoms with van der Waals surface area (Å²) < 4.78 is 0. The number of hydrogen-bond donors (Lipinski definition) is 1. The smallest absolute Gasteiger partial charge is 0.312 e. The summed E-state index contributed by atoms with van der Waals surface area (Å²) in [5.41, 5.74) is 0.817. The molecule has 0 aromatic carbocycles. The molecule has 1 N–H and O–H groups in total. The van der Waals surface area contributed by atoms with E-state index in [0.29, 0.717) is 12.5 Å². The number of rotatable bonds is 4. The highest BCUT2D eigenvalue weighted by atomic mass is 32.1. The number of aryl methyl sites for hydroxylation is 1. The van der Waals surface area contributed by atoms with E-state index in [2.05, 4.69) is 23.9 Å². The van der Waals surface area contributed by atoms with Crippen molar-refractivity contribution in [2.45, 2.75) is 44.6 Å². The van der Waals surface area contributed by atoms with Gasteiger partial charge in [0.2, 0.25) is 0 Å². The number of fused-ring (bicyclic) bond motifs is 1. The molecule has 1 saturated carbocycles. The van der Waals surface area contributed by atoms with Crippen molar-refractivity contribution in [1.29, 1.82) is 0 Å². The molecule has 1 heterocycles. The molecule has 1 aromatic heterocycles. The van der Waals surface area contributed by atoms with Crippen molar-refractivity contribution in [3.05, 3.63) is 10.6 Å². The summed E-state index contributed by atoms with van der Waals surface area (Å²) >= 11 is 1.68. The topological polar surface area (TPSA) is 53.4 Å². The first-order valence-electron chi connectivity index (χ1n) is 6.53. The molecule has 2 atom stereocenters. The lowest BCUT2D eigenvalue weighted by Gasteiger charge is -2.24. The van der Waals surface area contributed by atoms with E-state index in [-0.39, 0.29) is 5.92 Å². The first-order chi connectivity index (χ1) is 8.58. The van der Waals surface area contributed by atoms with Crippen molar-refractivity contribution in [3.8, 4) is 0 Å². The lowest BCUT2D eigenvalue weighted by Crippen LogP contribution is -2.30. The van der Waals surface area contributed by atoms with Gasteiger partial charge in [-0.2, -0.15) is 0 Å². The number of aromatic nitrogens is 1. The lowest BCUT2D eigenvalue weighted by atomic mass is 10.1. The first kappa shape index (κ1) is 12.0. The van der Waals surface area contributed by atoms with Crippen LogP contribution in [0, 0.1) is 5.92 Å². The Morgan fingerprint density at radius 2 is 2.22 bits per heavy atom. The van der Waals surface area contributed by atoms with Crippen molar-refractivity contribution >= 4 is 22.4 Å². The van der Waals surface area contributed by atoms with Crippen LogP contribution < -0.4 is 4.90 Å². The van der Waals surface area contributed by atoms with Gasteiger partial charge in [0.25, 0.3) is 0 Å². The number of hydrogen-bond acceptors (Lipinski definition) is 4. The highest BCUT2D eigenvalue weighted by molar-refractivity contribution is 7.15. The van der Waals surface area contributed by atoms with Crippen molar-refractivity contribution in [3.63, 3.8) is 0 Å². The van der Waals surface area contributed by atoms with E-state index in [1.165, 1.54) is 17.7 Å². The van der Waals surface area contributed by atoms with Crippen molar-refractivity contribution in [2.75, 3.05) is 11.9 Å². The fourth-order valence-corrected chi connectivity index (χ4v) is 3.86. The fourth-order valence-electron chi connectivity index (χ4n) is 2.67. The van der Waals surface area contributed by atoms with E-state index in [9.17, 15) is 4.79 Å². The van der Waals surface area contributed by atoms with Gasteiger partial charge in [-0.25, -0.2) is 4.98 Å². The minimum absolute atomic E-state index is 0.380. The third kappa shape index (κ3) is 1.90. The van der Waals surface area contributed by atoms with Gasteiger partial charge in [-0.15, -0.1) is 11.3 Å². The minimum atomic E-state index is -0.733. The van der Waals surface area contributed by atoms with Gasteiger partial charge in [0.15, 0.2) is 5.13 Å². The number of thiazole rings is 1. The average molecular weight is 266 g/mol. The summed E-state index contributed by atoms with van der Waals surface area (Å²) in [5, 5.41) is 10.2. The van der Waals surface area contributed by atoms with E-state index in [4.69, 9.17) is 5.11 Å². The van der Waals surface area contributed by atoms with Gasteiger partial charge < -0.3 is 10.0 Å². The van der Waals surface area contributed by atoms with Gasteiger partial charge in [0.1, 0.15) is 5.92 Å². The number of aliphatic carboxylic acids is 1. The summed E-state index contributed by atoms with van der Waals surface area (Å²) in [6, 6.07) is 0.513. The van der Waals surface area contributed by atoms with Crippen LogP contribution in [0.3, 0.4) is 0 Å². The molecule has 0 amide bonds. The van der Waals surface area contributed by atoms with Gasteiger partial charge in [0, 0.05) is 18.0 Å². The Labute approximate surface area is 111 Å². The largest absolute Gasteiger partial charge is 0.481 e. The zero-order valence-corrected chi connectivity index (χ0v) is 11.5. The van der Waals surface area contributed by atoms with Crippen LogP contribution in [0.5, 0.6) is 0 Å². The molecule has 5 heteroatoms. The molecule has 18 heavy (non-hydrogen) atoms. The molecule has 2 aliphatic rings. The van der Waals surface area contributed by atoms with Crippen LogP contribution in [0.25, 0.3) is 0 Å². The van der Waals surface area contributed by atoms with Crippen LogP contribution in [-0.4, -0.2) is 29.1 Å². The molecule has 3 rings (SSSR count). The van der Waals surface area contributed by atoms with Crippen LogP contribution in [0.15, 0.2) is 0 Å². The van der Waals surface area contributed by atoms with Gasteiger partial charge in [-0.3, -0.25) is 4.79 Å². The van der Waals surface area contributed by atoms with Gasteiger partial charge >= 0.3 is 5.97 Å². The Bertz CT molecular complexity index is 481. The minimum Gasteiger partial charge on any atom is -0.481 e. The van der Waals surface area contributed by atoms with E-state index < -0.39 is 5.97 Å².